The highest BCUT2D eigenvalue weighted by Crippen LogP contribution is 2.13. The lowest BCUT2D eigenvalue weighted by Gasteiger charge is -2.24. The minimum Gasteiger partial charge on any atom is -0.376 e. The van der Waals surface area contributed by atoms with Crippen LogP contribution < -0.4 is 5.32 Å². The Bertz CT molecular complexity index is 767. The third-order valence-electron chi connectivity index (χ3n) is 4.76. The second-order valence-electron chi connectivity index (χ2n) is 6.86. The van der Waals surface area contributed by atoms with Gasteiger partial charge in [0.1, 0.15) is 12.4 Å². The van der Waals surface area contributed by atoms with Crippen molar-refractivity contribution in [3.05, 3.63) is 46.0 Å². The monoisotopic (exact) mass is 434 g/mol. The van der Waals surface area contributed by atoms with E-state index in [4.69, 9.17) is 9.73 Å². The van der Waals surface area contributed by atoms with Crippen LogP contribution in [0.5, 0.6) is 0 Å². The molecule has 1 aromatic carbocycles. The first-order valence-electron chi connectivity index (χ1n) is 9.23. The molecule has 0 radical (unpaired) electrons. The maximum absolute atomic E-state index is 5.73. The van der Waals surface area contributed by atoms with E-state index < -0.39 is 0 Å². The standard InChI is InChI=1S/C19H27BrN6O/c1-14-23-24-18(26(14)3)12-22-19(21-11-17-5-4-10-27-17)25(2)13-15-6-8-16(20)9-7-15/h6-9,17H,4-5,10-13H2,1-3H3,(H,21,22). The summed E-state index contributed by atoms with van der Waals surface area (Å²) in [6.45, 7) is 4.81. The highest BCUT2D eigenvalue weighted by Gasteiger charge is 2.17. The molecule has 3 rings (SSSR count). The number of hydrogen-bond acceptors (Lipinski definition) is 4. The van der Waals surface area contributed by atoms with Crippen LogP contribution in [0.25, 0.3) is 0 Å². The minimum atomic E-state index is 0.258. The van der Waals surface area contributed by atoms with E-state index in [1.165, 1.54) is 5.56 Å². The van der Waals surface area contributed by atoms with E-state index in [1.807, 2.05) is 25.6 Å². The number of hydrogen-bond donors (Lipinski definition) is 1. The summed E-state index contributed by atoms with van der Waals surface area (Å²) < 4.78 is 8.78. The summed E-state index contributed by atoms with van der Waals surface area (Å²) in [5, 5.41) is 11.8. The molecule has 2 heterocycles. The van der Waals surface area contributed by atoms with E-state index in [0.717, 1.165) is 54.6 Å². The number of nitrogens with zero attached hydrogens (tertiary/aromatic N) is 5. The first kappa shape index (κ1) is 19.8. The van der Waals surface area contributed by atoms with Gasteiger partial charge in [-0.05, 0) is 37.5 Å². The average molecular weight is 435 g/mol. The molecule has 1 aromatic heterocycles. The molecule has 0 saturated carbocycles. The van der Waals surface area contributed by atoms with Crippen molar-refractivity contribution in [1.29, 1.82) is 0 Å². The van der Waals surface area contributed by atoms with Crippen molar-refractivity contribution in [2.24, 2.45) is 12.0 Å². The largest absolute Gasteiger partial charge is 0.376 e. The molecule has 0 aliphatic carbocycles. The summed E-state index contributed by atoms with van der Waals surface area (Å²) in [7, 11) is 4.01. The molecular weight excluding hydrogens is 408 g/mol. The molecule has 1 aliphatic heterocycles. The number of rotatable bonds is 6. The quantitative estimate of drug-likeness (QED) is 0.558. The fourth-order valence-electron chi connectivity index (χ4n) is 2.99. The number of aliphatic imine (C=N–C) groups is 1. The van der Waals surface area contributed by atoms with Crippen LogP contribution in [0.2, 0.25) is 0 Å². The number of guanidine groups is 1. The molecular formula is C19H27BrN6O. The number of nitrogens with one attached hydrogen (secondary N) is 1. The maximum Gasteiger partial charge on any atom is 0.194 e. The van der Waals surface area contributed by atoms with Crippen molar-refractivity contribution in [3.63, 3.8) is 0 Å². The van der Waals surface area contributed by atoms with Crippen LogP contribution >= 0.6 is 15.9 Å². The van der Waals surface area contributed by atoms with Crippen LogP contribution in [-0.4, -0.2) is 51.9 Å². The van der Waals surface area contributed by atoms with Gasteiger partial charge in [0.2, 0.25) is 0 Å². The summed E-state index contributed by atoms with van der Waals surface area (Å²) in [6, 6.07) is 8.35. The van der Waals surface area contributed by atoms with Gasteiger partial charge in [-0.25, -0.2) is 4.99 Å². The Morgan fingerprint density at radius 1 is 1.37 bits per heavy atom. The Hall–Kier alpha value is -1.93. The molecule has 7 nitrogen and oxygen atoms in total. The normalized spacial score (nSPS) is 17.3. The molecule has 1 fully saturated rings. The first-order valence-corrected chi connectivity index (χ1v) is 10.0. The number of ether oxygens (including phenoxy) is 1. The highest BCUT2D eigenvalue weighted by atomic mass is 79.9. The maximum atomic E-state index is 5.73. The number of aryl methyl sites for hydroxylation is 1. The molecule has 1 unspecified atom stereocenters. The Morgan fingerprint density at radius 3 is 2.78 bits per heavy atom. The predicted molar refractivity (Wildman–Crippen MR) is 109 cm³/mol. The molecule has 8 heteroatoms. The third kappa shape index (κ3) is 5.52. The zero-order chi connectivity index (χ0) is 19.2. The van der Waals surface area contributed by atoms with Crippen molar-refractivity contribution >= 4 is 21.9 Å². The lowest BCUT2D eigenvalue weighted by Crippen LogP contribution is -2.42. The molecule has 0 amide bonds. The van der Waals surface area contributed by atoms with Crippen molar-refractivity contribution in [3.8, 4) is 0 Å². The topological polar surface area (TPSA) is 67.6 Å². The number of aromatic nitrogens is 3. The molecule has 1 atom stereocenters. The van der Waals surface area contributed by atoms with Crippen molar-refractivity contribution < 1.29 is 4.74 Å². The Labute approximate surface area is 169 Å². The number of benzene rings is 1. The van der Waals surface area contributed by atoms with Crippen LogP contribution in [0.4, 0.5) is 0 Å². The molecule has 0 spiro atoms. The van der Waals surface area contributed by atoms with E-state index >= 15 is 0 Å². The van der Waals surface area contributed by atoms with Gasteiger partial charge in [0.25, 0.3) is 0 Å². The van der Waals surface area contributed by atoms with Crippen molar-refractivity contribution in [2.45, 2.75) is 39.0 Å². The van der Waals surface area contributed by atoms with Crippen LogP contribution in [0.1, 0.15) is 30.1 Å². The molecule has 1 N–H and O–H groups in total. The second-order valence-corrected chi connectivity index (χ2v) is 7.78. The summed E-state index contributed by atoms with van der Waals surface area (Å²) in [6.07, 6.45) is 2.48. The van der Waals surface area contributed by atoms with E-state index in [2.05, 4.69) is 60.6 Å². The molecule has 0 bridgehead atoms. The fraction of sp³-hybridized carbons (Fsp3) is 0.526. The molecule has 1 saturated heterocycles. The van der Waals surface area contributed by atoms with Gasteiger partial charge in [0.15, 0.2) is 11.8 Å². The molecule has 1 aliphatic rings. The lowest BCUT2D eigenvalue weighted by molar-refractivity contribution is 0.113. The summed E-state index contributed by atoms with van der Waals surface area (Å²) in [5.74, 6) is 2.58. The zero-order valence-electron chi connectivity index (χ0n) is 16.2. The van der Waals surface area contributed by atoms with Crippen LogP contribution in [-0.2, 0) is 24.9 Å². The molecule has 27 heavy (non-hydrogen) atoms. The van der Waals surface area contributed by atoms with Crippen LogP contribution in [0.15, 0.2) is 33.7 Å². The van der Waals surface area contributed by atoms with Gasteiger partial charge < -0.3 is 19.5 Å². The van der Waals surface area contributed by atoms with Gasteiger partial charge in [-0.3, -0.25) is 0 Å². The van der Waals surface area contributed by atoms with E-state index in [-0.39, 0.29) is 6.10 Å². The fourth-order valence-corrected chi connectivity index (χ4v) is 3.26. The summed E-state index contributed by atoms with van der Waals surface area (Å²) in [4.78, 5) is 6.91. The average Bonchev–Trinajstić information content (AvgIpc) is 3.28. The molecule has 2 aromatic rings. The predicted octanol–water partition coefficient (Wildman–Crippen LogP) is 2.64. The SMILES string of the molecule is Cc1nnc(CN=C(NCC2CCCO2)N(C)Cc2ccc(Br)cc2)n1C. The van der Waals surface area contributed by atoms with Gasteiger partial charge in [-0.1, -0.05) is 28.1 Å². The summed E-state index contributed by atoms with van der Waals surface area (Å²) in [5.41, 5.74) is 1.22. The molecule has 146 valence electrons. The summed E-state index contributed by atoms with van der Waals surface area (Å²) >= 11 is 3.48. The Morgan fingerprint density at radius 2 is 2.15 bits per heavy atom. The zero-order valence-corrected chi connectivity index (χ0v) is 17.7. The van der Waals surface area contributed by atoms with Gasteiger partial charge in [-0.2, -0.15) is 0 Å². The van der Waals surface area contributed by atoms with Gasteiger partial charge in [0, 0.05) is 38.3 Å². The van der Waals surface area contributed by atoms with Gasteiger partial charge in [0.05, 0.1) is 6.10 Å². The second kappa shape index (κ2) is 9.32. The van der Waals surface area contributed by atoms with Gasteiger partial charge >= 0.3 is 0 Å². The smallest absolute Gasteiger partial charge is 0.194 e. The van der Waals surface area contributed by atoms with E-state index in [1.54, 1.807) is 0 Å². The lowest BCUT2D eigenvalue weighted by atomic mass is 10.2. The first-order chi connectivity index (χ1) is 13.0. The highest BCUT2D eigenvalue weighted by molar-refractivity contribution is 9.10. The minimum absolute atomic E-state index is 0.258. The third-order valence-corrected chi connectivity index (χ3v) is 5.29. The Kier molecular flexibility index (Phi) is 6.84. The van der Waals surface area contributed by atoms with Crippen molar-refractivity contribution in [1.82, 2.24) is 25.0 Å². The Balaban J connectivity index is 1.69. The van der Waals surface area contributed by atoms with E-state index in [0.29, 0.717) is 6.54 Å². The van der Waals surface area contributed by atoms with Gasteiger partial charge in [-0.15, -0.1) is 10.2 Å². The van der Waals surface area contributed by atoms with Crippen LogP contribution in [0, 0.1) is 6.92 Å². The van der Waals surface area contributed by atoms with Crippen LogP contribution in [0.3, 0.4) is 0 Å². The van der Waals surface area contributed by atoms with Crippen molar-refractivity contribution in [2.75, 3.05) is 20.2 Å². The van der Waals surface area contributed by atoms with E-state index in [9.17, 15) is 0 Å². The number of halogens is 1.